The molecule has 2 heterocycles. The summed E-state index contributed by atoms with van der Waals surface area (Å²) in [5.74, 6) is 3.06. The lowest BCUT2D eigenvalue weighted by Crippen LogP contribution is -2.38. The molecule has 2 aromatic carbocycles. The zero-order chi connectivity index (χ0) is 22.1. The topological polar surface area (TPSA) is 68.2 Å². The smallest absolute Gasteiger partial charge is 0.231 e. The Labute approximate surface area is 183 Å². The predicted octanol–water partition coefficient (Wildman–Crippen LogP) is 4.50. The van der Waals surface area contributed by atoms with E-state index in [9.17, 15) is 9.90 Å². The number of carbonyl (C=O) groups is 1. The van der Waals surface area contributed by atoms with E-state index in [1.165, 1.54) is 6.42 Å². The second-order valence-electron chi connectivity index (χ2n) is 8.63. The van der Waals surface area contributed by atoms with Crippen molar-refractivity contribution in [2.45, 2.75) is 26.8 Å². The molecule has 0 unspecified atom stereocenters. The highest BCUT2D eigenvalue weighted by atomic mass is 16.5. The first kappa shape index (κ1) is 21.2. The number of aromatic hydroxyl groups is 1. The number of ketones is 1. The average Bonchev–Trinajstić information content (AvgIpc) is 3.05. The zero-order valence-corrected chi connectivity index (χ0v) is 18.5. The highest BCUT2D eigenvalue weighted by molar-refractivity contribution is 6.15. The van der Waals surface area contributed by atoms with Crippen molar-refractivity contribution in [3.63, 3.8) is 0 Å². The van der Waals surface area contributed by atoms with Gasteiger partial charge < -0.3 is 19.3 Å². The van der Waals surface area contributed by atoms with Crippen LogP contribution >= 0.6 is 0 Å². The molecular weight excluding hydrogens is 394 g/mol. The third-order valence-electron chi connectivity index (χ3n) is 5.97. The number of piperidine rings is 1. The summed E-state index contributed by atoms with van der Waals surface area (Å²) >= 11 is 0. The number of fused-ring (bicyclic) bond motifs is 1. The number of phenolic OH excluding ortho intramolecular Hbond substituents is 1. The van der Waals surface area contributed by atoms with Gasteiger partial charge >= 0.3 is 0 Å². The van der Waals surface area contributed by atoms with E-state index >= 15 is 0 Å². The Morgan fingerprint density at radius 2 is 1.87 bits per heavy atom. The molecule has 0 aliphatic carbocycles. The maximum Gasteiger partial charge on any atom is 0.231 e. The third kappa shape index (κ3) is 4.26. The SMILES string of the molecule is COc1ccc(OC)c(/C=C2\Oc3c(ccc(O)c3CN3C[C@H](C)C[C@H](C)C3)C2=O)c1. The van der Waals surface area contributed by atoms with Crippen LogP contribution in [-0.2, 0) is 6.54 Å². The molecule has 2 aliphatic rings. The molecule has 1 saturated heterocycles. The molecule has 1 N–H and O–H groups in total. The van der Waals surface area contributed by atoms with Crippen LogP contribution in [0.3, 0.4) is 0 Å². The van der Waals surface area contributed by atoms with Gasteiger partial charge in [0.05, 0.1) is 25.3 Å². The molecule has 6 heteroatoms. The Bertz CT molecular complexity index is 1020. The quantitative estimate of drug-likeness (QED) is 0.714. The van der Waals surface area contributed by atoms with Crippen LogP contribution < -0.4 is 14.2 Å². The highest BCUT2D eigenvalue weighted by Crippen LogP contribution is 2.41. The van der Waals surface area contributed by atoms with Crippen LogP contribution in [0.2, 0.25) is 0 Å². The van der Waals surface area contributed by atoms with E-state index in [2.05, 4.69) is 18.7 Å². The summed E-state index contributed by atoms with van der Waals surface area (Å²) < 4.78 is 16.7. The van der Waals surface area contributed by atoms with Gasteiger partial charge in [-0.05, 0) is 54.7 Å². The molecule has 1 fully saturated rings. The van der Waals surface area contributed by atoms with Gasteiger partial charge in [0, 0.05) is 25.2 Å². The summed E-state index contributed by atoms with van der Waals surface area (Å²) in [6.07, 6.45) is 2.87. The number of likely N-dealkylation sites (tertiary alicyclic amines) is 1. The lowest BCUT2D eigenvalue weighted by molar-refractivity contribution is 0.101. The number of hydrogen-bond donors (Lipinski definition) is 1. The van der Waals surface area contributed by atoms with Gasteiger partial charge in [-0.2, -0.15) is 0 Å². The zero-order valence-electron chi connectivity index (χ0n) is 18.5. The Morgan fingerprint density at radius 3 is 2.55 bits per heavy atom. The van der Waals surface area contributed by atoms with Crippen molar-refractivity contribution in [1.82, 2.24) is 4.90 Å². The predicted molar refractivity (Wildman–Crippen MR) is 119 cm³/mol. The summed E-state index contributed by atoms with van der Waals surface area (Å²) in [5, 5.41) is 10.6. The molecule has 0 amide bonds. The molecule has 0 aromatic heterocycles. The lowest BCUT2D eigenvalue weighted by Gasteiger charge is -2.35. The molecule has 0 radical (unpaired) electrons. The first-order chi connectivity index (χ1) is 14.9. The second-order valence-corrected chi connectivity index (χ2v) is 8.63. The van der Waals surface area contributed by atoms with E-state index in [0.717, 1.165) is 13.1 Å². The normalized spacial score (nSPS) is 22.3. The minimum atomic E-state index is -0.207. The van der Waals surface area contributed by atoms with Crippen LogP contribution in [0, 0.1) is 11.8 Å². The van der Waals surface area contributed by atoms with E-state index in [-0.39, 0.29) is 17.3 Å². The number of phenols is 1. The van der Waals surface area contributed by atoms with Gasteiger partial charge in [0.25, 0.3) is 0 Å². The van der Waals surface area contributed by atoms with Crippen molar-refractivity contribution in [3.8, 4) is 23.0 Å². The Balaban J connectivity index is 1.67. The standard InChI is InChI=1S/C25H29NO5/c1-15-9-16(2)13-26(12-15)14-20-21(27)7-6-19-24(28)23(31-25(19)20)11-17-10-18(29-3)5-8-22(17)30-4/h5-8,10-11,15-16,27H,9,12-14H2,1-4H3/b23-11-/t15-,16+. The van der Waals surface area contributed by atoms with Gasteiger partial charge in [0.2, 0.25) is 5.78 Å². The van der Waals surface area contributed by atoms with E-state index in [0.29, 0.717) is 52.3 Å². The van der Waals surface area contributed by atoms with Crippen LogP contribution in [-0.4, -0.2) is 43.1 Å². The van der Waals surface area contributed by atoms with Gasteiger partial charge in [-0.3, -0.25) is 9.69 Å². The number of nitrogens with zero attached hydrogens (tertiary/aromatic N) is 1. The second kappa shape index (κ2) is 8.63. The number of ether oxygens (including phenoxy) is 3. The van der Waals surface area contributed by atoms with Crippen LogP contribution in [0.1, 0.15) is 41.8 Å². The summed E-state index contributed by atoms with van der Waals surface area (Å²) in [6.45, 7) is 6.98. The van der Waals surface area contributed by atoms with Gasteiger partial charge in [0.15, 0.2) is 5.76 Å². The van der Waals surface area contributed by atoms with Gasteiger partial charge in [0.1, 0.15) is 23.0 Å². The number of Topliss-reactive ketones (excluding diaryl/α,β-unsaturated/α-hetero) is 1. The summed E-state index contributed by atoms with van der Waals surface area (Å²) in [4.78, 5) is 15.4. The fourth-order valence-corrected chi connectivity index (χ4v) is 4.69. The first-order valence-electron chi connectivity index (χ1n) is 10.6. The van der Waals surface area contributed by atoms with Gasteiger partial charge in [-0.1, -0.05) is 13.8 Å². The van der Waals surface area contributed by atoms with E-state index in [1.807, 2.05) is 0 Å². The van der Waals surface area contributed by atoms with Crippen LogP contribution in [0.25, 0.3) is 6.08 Å². The number of methoxy groups -OCH3 is 2. The van der Waals surface area contributed by atoms with E-state index in [1.54, 1.807) is 50.6 Å². The van der Waals surface area contributed by atoms with E-state index < -0.39 is 0 Å². The summed E-state index contributed by atoms with van der Waals surface area (Å²) in [6, 6.07) is 8.58. The van der Waals surface area contributed by atoms with Crippen molar-refractivity contribution in [1.29, 1.82) is 0 Å². The lowest BCUT2D eigenvalue weighted by atomic mass is 9.91. The fraction of sp³-hybridized carbons (Fsp3) is 0.400. The monoisotopic (exact) mass is 423 g/mol. The molecule has 2 aliphatic heterocycles. The number of benzene rings is 2. The van der Waals surface area contributed by atoms with Crippen molar-refractivity contribution in [3.05, 3.63) is 52.8 Å². The molecule has 0 spiro atoms. The number of carbonyl (C=O) groups excluding carboxylic acids is 1. The van der Waals surface area contributed by atoms with Gasteiger partial charge in [-0.15, -0.1) is 0 Å². The van der Waals surface area contributed by atoms with Crippen LogP contribution in [0.5, 0.6) is 23.0 Å². The van der Waals surface area contributed by atoms with Crippen molar-refractivity contribution in [2.75, 3.05) is 27.3 Å². The Kier molecular flexibility index (Phi) is 5.92. The largest absolute Gasteiger partial charge is 0.507 e. The Morgan fingerprint density at radius 1 is 1.13 bits per heavy atom. The van der Waals surface area contributed by atoms with Gasteiger partial charge in [-0.25, -0.2) is 0 Å². The molecule has 31 heavy (non-hydrogen) atoms. The minimum Gasteiger partial charge on any atom is -0.507 e. The number of hydrogen-bond acceptors (Lipinski definition) is 6. The molecule has 0 saturated carbocycles. The molecule has 4 rings (SSSR count). The molecule has 2 atom stereocenters. The summed E-state index contributed by atoms with van der Waals surface area (Å²) in [7, 11) is 3.16. The van der Waals surface area contributed by atoms with E-state index in [4.69, 9.17) is 14.2 Å². The molecule has 6 nitrogen and oxygen atoms in total. The Hall–Kier alpha value is -2.99. The maximum atomic E-state index is 13.1. The first-order valence-corrected chi connectivity index (χ1v) is 10.6. The molecule has 164 valence electrons. The molecule has 0 bridgehead atoms. The highest BCUT2D eigenvalue weighted by Gasteiger charge is 2.33. The molecule has 2 aromatic rings. The van der Waals surface area contributed by atoms with Crippen LogP contribution in [0.15, 0.2) is 36.1 Å². The number of rotatable bonds is 5. The van der Waals surface area contributed by atoms with Crippen molar-refractivity contribution in [2.24, 2.45) is 11.8 Å². The fourth-order valence-electron chi connectivity index (χ4n) is 4.69. The molecular formula is C25H29NO5. The van der Waals surface area contributed by atoms with Crippen LogP contribution in [0.4, 0.5) is 0 Å². The average molecular weight is 424 g/mol. The van der Waals surface area contributed by atoms with Crippen molar-refractivity contribution >= 4 is 11.9 Å². The minimum absolute atomic E-state index is 0.151. The number of allylic oxidation sites excluding steroid dienone is 1. The van der Waals surface area contributed by atoms with Crippen molar-refractivity contribution < 1.29 is 24.1 Å². The third-order valence-corrected chi connectivity index (χ3v) is 5.97. The summed E-state index contributed by atoms with van der Waals surface area (Å²) in [5.41, 5.74) is 1.81. The maximum absolute atomic E-state index is 13.1.